The molecule has 1 amide bonds. The lowest BCUT2D eigenvalue weighted by atomic mass is 10.1. The number of rotatable bonds is 3. The molecule has 0 aliphatic rings. The molecule has 3 rings (SSSR count). The van der Waals surface area contributed by atoms with Crippen LogP contribution in [-0.2, 0) is 6.42 Å². The molecule has 2 heterocycles. The van der Waals surface area contributed by atoms with Crippen molar-refractivity contribution in [1.82, 2.24) is 9.97 Å². The van der Waals surface area contributed by atoms with Crippen LogP contribution in [0.1, 0.15) is 26.6 Å². The SMILES string of the molecule is Cc1csc(Cc2cnc3c(O)c(C(N)=O)ccc3c2)n1. The largest absolute Gasteiger partial charge is 0.505 e. The van der Waals surface area contributed by atoms with Crippen LogP contribution in [0.3, 0.4) is 0 Å². The van der Waals surface area contributed by atoms with Crippen LogP contribution < -0.4 is 5.73 Å². The van der Waals surface area contributed by atoms with Gasteiger partial charge >= 0.3 is 0 Å². The van der Waals surface area contributed by atoms with Gasteiger partial charge in [0, 0.05) is 29.1 Å². The lowest BCUT2D eigenvalue weighted by Gasteiger charge is -2.06. The Balaban J connectivity index is 2.01. The predicted molar refractivity (Wildman–Crippen MR) is 81.6 cm³/mol. The summed E-state index contributed by atoms with van der Waals surface area (Å²) < 4.78 is 0. The fraction of sp³-hybridized carbons (Fsp3) is 0.133. The third kappa shape index (κ3) is 2.57. The average Bonchev–Trinajstić information content (AvgIpc) is 2.84. The number of amides is 1. The molecule has 0 saturated carbocycles. The third-order valence-electron chi connectivity index (χ3n) is 3.17. The number of aryl methyl sites for hydroxylation is 1. The van der Waals surface area contributed by atoms with Crippen molar-refractivity contribution in [2.75, 3.05) is 0 Å². The first-order valence-electron chi connectivity index (χ1n) is 6.36. The first-order chi connectivity index (χ1) is 10.0. The number of nitrogens with two attached hydrogens (primary N) is 1. The zero-order valence-electron chi connectivity index (χ0n) is 11.3. The summed E-state index contributed by atoms with van der Waals surface area (Å²) in [5.41, 5.74) is 7.68. The number of benzene rings is 1. The molecule has 0 spiro atoms. The van der Waals surface area contributed by atoms with Gasteiger partial charge in [0.2, 0.25) is 0 Å². The molecule has 2 aromatic heterocycles. The van der Waals surface area contributed by atoms with Crippen LogP contribution in [0.15, 0.2) is 29.8 Å². The molecule has 0 radical (unpaired) electrons. The number of aromatic hydroxyl groups is 1. The summed E-state index contributed by atoms with van der Waals surface area (Å²) in [6.07, 6.45) is 2.38. The standard InChI is InChI=1S/C15H13N3O2S/c1-8-7-21-12(18-8)5-9-4-10-2-3-11(15(16)20)14(19)13(10)17-6-9/h2-4,6-7,19H,5H2,1H3,(H2,16,20). The Hall–Kier alpha value is -2.47. The van der Waals surface area contributed by atoms with Crippen molar-refractivity contribution in [1.29, 1.82) is 0 Å². The zero-order valence-corrected chi connectivity index (χ0v) is 12.1. The molecule has 0 saturated heterocycles. The van der Waals surface area contributed by atoms with Gasteiger partial charge in [-0.15, -0.1) is 11.3 Å². The Bertz CT molecular complexity index is 842. The number of nitrogens with zero attached hydrogens (tertiary/aromatic N) is 2. The van der Waals surface area contributed by atoms with Gasteiger partial charge in [-0.1, -0.05) is 6.07 Å². The molecule has 0 aliphatic heterocycles. The summed E-state index contributed by atoms with van der Waals surface area (Å²) in [5, 5.41) is 13.8. The molecule has 0 fully saturated rings. The van der Waals surface area contributed by atoms with Gasteiger partial charge in [-0.2, -0.15) is 0 Å². The minimum Gasteiger partial charge on any atom is -0.505 e. The van der Waals surface area contributed by atoms with E-state index in [4.69, 9.17) is 5.73 Å². The van der Waals surface area contributed by atoms with Gasteiger partial charge in [0.05, 0.1) is 10.6 Å². The Morgan fingerprint density at radius 3 is 2.90 bits per heavy atom. The molecule has 3 aromatic rings. The molecular weight excluding hydrogens is 286 g/mol. The van der Waals surface area contributed by atoms with Crippen LogP contribution in [0.25, 0.3) is 10.9 Å². The van der Waals surface area contributed by atoms with Crippen molar-refractivity contribution < 1.29 is 9.90 Å². The van der Waals surface area contributed by atoms with Crippen LogP contribution in [0.2, 0.25) is 0 Å². The van der Waals surface area contributed by atoms with Gasteiger partial charge in [0.1, 0.15) is 5.52 Å². The van der Waals surface area contributed by atoms with Crippen LogP contribution in [0.4, 0.5) is 0 Å². The number of aromatic nitrogens is 2. The van der Waals surface area contributed by atoms with Gasteiger partial charge in [-0.05, 0) is 24.6 Å². The summed E-state index contributed by atoms with van der Waals surface area (Å²) in [4.78, 5) is 19.9. The number of hydrogen-bond donors (Lipinski definition) is 2. The molecule has 0 unspecified atom stereocenters. The van der Waals surface area contributed by atoms with E-state index >= 15 is 0 Å². The van der Waals surface area contributed by atoms with Gasteiger partial charge in [0.25, 0.3) is 5.91 Å². The zero-order chi connectivity index (χ0) is 15.0. The van der Waals surface area contributed by atoms with Crippen molar-refractivity contribution in [3.63, 3.8) is 0 Å². The molecule has 106 valence electrons. The second-order valence-electron chi connectivity index (χ2n) is 4.80. The number of pyridine rings is 1. The number of fused-ring (bicyclic) bond motifs is 1. The van der Waals surface area contributed by atoms with Gasteiger partial charge in [-0.25, -0.2) is 4.98 Å². The van der Waals surface area contributed by atoms with Crippen LogP contribution in [0, 0.1) is 6.92 Å². The summed E-state index contributed by atoms with van der Waals surface area (Å²) >= 11 is 1.61. The molecule has 0 aliphatic carbocycles. The highest BCUT2D eigenvalue weighted by Crippen LogP contribution is 2.28. The quantitative estimate of drug-likeness (QED) is 0.777. The van der Waals surface area contributed by atoms with Crippen LogP contribution in [0.5, 0.6) is 5.75 Å². The molecular formula is C15H13N3O2S. The van der Waals surface area contributed by atoms with Crippen molar-refractivity contribution in [3.8, 4) is 5.75 Å². The van der Waals surface area contributed by atoms with E-state index in [0.29, 0.717) is 11.9 Å². The molecule has 1 aromatic carbocycles. The minimum atomic E-state index is -0.668. The van der Waals surface area contributed by atoms with Gasteiger partial charge in [-0.3, -0.25) is 9.78 Å². The topological polar surface area (TPSA) is 89.1 Å². The number of carbonyl (C=O) groups excluding carboxylic acids is 1. The number of carbonyl (C=O) groups is 1. The summed E-state index contributed by atoms with van der Waals surface area (Å²) in [5.74, 6) is -0.838. The van der Waals surface area contributed by atoms with E-state index in [-0.39, 0.29) is 11.3 Å². The fourth-order valence-electron chi connectivity index (χ4n) is 2.19. The van der Waals surface area contributed by atoms with Crippen LogP contribution >= 0.6 is 11.3 Å². The van der Waals surface area contributed by atoms with Crippen molar-refractivity contribution >= 4 is 28.1 Å². The van der Waals surface area contributed by atoms with Gasteiger partial charge in [0.15, 0.2) is 5.75 Å². The van der Waals surface area contributed by atoms with E-state index in [0.717, 1.165) is 21.7 Å². The Morgan fingerprint density at radius 1 is 1.43 bits per heavy atom. The maximum absolute atomic E-state index is 11.2. The molecule has 21 heavy (non-hydrogen) atoms. The fourth-order valence-corrected chi connectivity index (χ4v) is 2.99. The number of hydrogen-bond acceptors (Lipinski definition) is 5. The minimum absolute atomic E-state index is 0.0818. The van der Waals surface area contributed by atoms with Crippen molar-refractivity contribution in [2.45, 2.75) is 13.3 Å². The lowest BCUT2D eigenvalue weighted by molar-refractivity contribution is 0.0998. The Kier molecular flexibility index (Phi) is 3.31. The van der Waals surface area contributed by atoms with Crippen LogP contribution in [-0.4, -0.2) is 21.0 Å². The normalized spacial score (nSPS) is 10.9. The molecule has 5 nitrogen and oxygen atoms in total. The Labute approximate surface area is 125 Å². The predicted octanol–water partition coefficient (Wildman–Crippen LogP) is 2.40. The maximum atomic E-state index is 11.2. The smallest absolute Gasteiger partial charge is 0.252 e. The maximum Gasteiger partial charge on any atom is 0.252 e. The number of thiazole rings is 1. The van der Waals surface area contributed by atoms with Crippen molar-refractivity contribution in [2.24, 2.45) is 5.73 Å². The first-order valence-corrected chi connectivity index (χ1v) is 7.24. The molecule has 0 bridgehead atoms. The molecule has 0 atom stereocenters. The summed E-state index contributed by atoms with van der Waals surface area (Å²) in [6, 6.07) is 5.18. The van der Waals surface area contributed by atoms with E-state index < -0.39 is 5.91 Å². The van der Waals surface area contributed by atoms with E-state index in [9.17, 15) is 9.90 Å². The van der Waals surface area contributed by atoms with Crippen molar-refractivity contribution in [3.05, 3.63) is 51.6 Å². The van der Waals surface area contributed by atoms with Gasteiger partial charge < -0.3 is 10.8 Å². The highest BCUT2D eigenvalue weighted by atomic mass is 32.1. The van der Waals surface area contributed by atoms with E-state index in [1.54, 1.807) is 23.6 Å². The lowest BCUT2D eigenvalue weighted by Crippen LogP contribution is -2.11. The number of phenols is 1. The summed E-state index contributed by atoms with van der Waals surface area (Å²) in [7, 11) is 0. The van der Waals surface area contributed by atoms with E-state index in [1.807, 2.05) is 18.4 Å². The summed E-state index contributed by atoms with van der Waals surface area (Å²) in [6.45, 7) is 1.96. The van der Waals surface area contributed by atoms with E-state index in [1.165, 1.54) is 6.07 Å². The second-order valence-corrected chi connectivity index (χ2v) is 5.74. The first kappa shape index (κ1) is 13.5. The highest BCUT2D eigenvalue weighted by molar-refractivity contribution is 7.09. The third-order valence-corrected chi connectivity index (χ3v) is 4.14. The highest BCUT2D eigenvalue weighted by Gasteiger charge is 2.12. The molecule has 3 N–H and O–H groups in total. The molecule has 6 heteroatoms. The monoisotopic (exact) mass is 299 g/mol. The number of primary amides is 1. The second kappa shape index (κ2) is 5.14. The Morgan fingerprint density at radius 2 is 2.24 bits per heavy atom. The van der Waals surface area contributed by atoms with E-state index in [2.05, 4.69) is 9.97 Å². The average molecular weight is 299 g/mol.